The van der Waals surface area contributed by atoms with Crippen molar-refractivity contribution < 1.29 is 14.3 Å². The lowest BCUT2D eigenvalue weighted by Gasteiger charge is -2.50. The van der Waals surface area contributed by atoms with Crippen LogP contribution in [-0.2, 0) is 4.79 Å². The van der Waals surface area contributed by atoms with Gasteiger partial charge in [-0.05, 0) is 49.5 Å². The van der Waals surface area contributed by atoms with Crippen LogP contribution in [0.25, 0.3) is 0 Å². The van der Waals surface area contributed by atoms with Gasteiger partial charge in [0.05, 0.1) is 13.2 Å². The van der Waals surface area contributed by atoms with E-state index >= 15 is 0 Å². The number of carbonyl (C=O) groups is 1. The van der Waals surface area contributed by atoms with Gasteiger partial charge in [-0.15, -0.1) is 0 Å². The third-order valence-electron chi connectivity index (χ3n) is 4.79. The molecule has 2 aromatic rings. The van der Waals surface area contributed by atoms with Crippen molar-refractivity contribution in [3.8, 4) is 11.5 Å². The van der Waals surface area contributed by atoms with Crippen molar-refractivity contribution in [3.05, 3.63) is 54.1 Å². The smallest absolute Gasteiger partial charge is 0.236 e. The van der Waals surface area contributed by atoms with Gasteiger partial charge < -0.3 is 25.4 Å². The lowest BCUT2D eigenvalue weighted by molar-refractivity contribution is -0.132. The molecule has 0 aromatic heterocycles. The van der Waals surface area contributed by atoms with E-state index in [0.717, 1.165) is 17.1 Å². The summed E-state index contributed by atoms with van der Waals surface area (Å²) in [6.45, 7) is 1.85. The Morgan fingerprint density at radius 3 is 2.69 bits per heavy atom. The number of fused-ring (bicyclic) bond motifs is 4. The second kappa shape index (κ2) is 6.17. The molecule has 7 heteroatoms. The summed E-state index contributed by atoms with van der Waals surface area (Å²) in [6, 6.07) is 14.6. The van der Waals surface area contributed by atoms with Gasteiger partial charge in [-0.1, -0.05) is 18.2 Å². The predicted octanol–water partition coefficient (Wildman–Crippen LogP) is 2.58. The van der Waals surface area contributed by atoms with E-state index in [1.165, 1.54) is 0 Å². The third-order valence-corrected chi connectivity index (χ3v) is 5.01. The van der Waals surface area contributed by atoms with Crippen LogP contribution in [0.15, 0.2) is 48.5 Å². The number of para-hydroxylation sites is 1. The number of hydrogen-bond acceptors (Lipinski definition) is 4. The van der Waals surface area contributed by atoms with Crippen molar-refractivity contribution in [1.29, 1.82) is 0 Å². The highest BCUT2D eigenvalue weighted by molar-refractivity contribution is 7.80. The van der Waals surface area contributed by atoms with Crippen molar-refractivity contribution >= 4 is 28.9 Å². The zero-order valence-electron chi connectivity index (χ0n) is 14.4. The molecule has 0 radical (unpaired) electrons. The Labute approximate surface area is 156 Å². The van der Waals surface area contributed by atoms with Gasteiger partial charge in [0, 0.05) is 11.3 Å². The monoisotopic (exact) mass is 369 g/mol. The SMILES string of the molecule is COc1ccc(NC(=O)[C@H]2[C@@H]3NC(=S)N[C@@]2(C)Oc2ccccc23)cc1. The molecule has 1 amide bonds. The molecule has 26 heavy (non-hydrogen) atoms. The molecule has 1 saturated heterocycles. The van der Waals surface area contributed by atoms with E-state index in [-0.39, 0.29) is 11.9 Å². The standard InChI is InChI=1S/C19H19N3O3S/c1-19-15(17(23)20-11-7-9-12(24-2)10-8-11)16(21-18(26)22-19)13-5-3-4-6-14(13)25-19/h3-10,15-16H,1-2H3,(H,20,23)(H2,21,22,26)/t15-,16-,19+/m1/s1. The Kier molecular flexibility index (Phi) is 3.96. The first-order valence-corrected chi connectivity index (χ1v) is 8.72. The van der Waals surface area contributed by atoms with E-state index in [1.807, 2.05) is 31.2 Å². The maximum absolute atomic E-state index is 13.1. The maximum Gasteiger partial charge on any atom is 0.236 e. The molecule has 4 rings (SSSR count). The Balaban J connectivity index is 1.66. The number of benzene rings is 2. The first-order chi connectivity index (χ1) is 12.5. The van der Waals surface area contributed by atoms with Crippen molar-refractivity contribution in [2.75, 3.05) is 12.4 Å². The number of anilines is 1. The number of ether oxygens (including phenoxy) is 2. The summed E-state index contributed by atoms with van der Waals surface area (Å²) in [5, 5.41) is 9.78. The Bertz CT molecular complexity index is 871. The van der Waals surface area contributed by atoms with Gasteiger partial charge in [0.25, 0.3) is 0 Å². The molecule has 1 fully saturated rings. The Morgan fingerprint density at radius 1 is 1.23 bits per heavy atom. The summed E-state index contributed by atoms with van der Waals surface area (Å²) in [7, 11) is 1.60. The fourth-order valence-electron chi connectivity index (χ4n) is 3.58. The summed E-state index contributed by atoms with van der Waals surface area (Å²) in [5.41, 5.74) is 0.681. The summed E-state index contributed by atoms with van der Waals surface area (Å²) >= 11 is 5.31. The highest BCUT2D eigenvalue weighted by Crippen LogP contribution is 2.44. The number of amides is 1. The van der Waals surface area contributed by atoms with Crippen molar-refractivity contribution in [2.24, 2.45) is 5.92 Å². The molecule has 2 bridgehead atoms. The van der Waals surface area contributed by atoms with Gasteiger partial charge in [0.1, 0.15) is 17.4 Å². The summed E-state index contributed by atoms with van der Waals surface area (Å²) in [6.07, 6.45) is 0. The van der Waals surface area contributed by atoms with Crippen LogP contribution in [0.3, 0.4) is 0 Å². The first kappa shape index (κ1) is 16.7. The molecular weight excluding hydrogens is 350 g/mol. The highest BCUT2D eigenvalue weighted by atomic mass is 32.1. The highest BCUT2D eigenvalue weighted by Gasteiger charge is 2.54. The van der Waals surface area contributed by atoms with Gasteiger partial charge in [-0.2, -0.15) is 0 Å². The van der Waals surface area contributed by atoms with Gasteiger partial charge in [-0.3, -0.25) is 4.79 Å². The minimum atomic E-state index is -0.933. The second-order valence-corrected chi connectivity index (χ2v) is 6.93. The van der Waals surface area contributed by atoms with E-state index in [1.54, 1.807) is 31.4 Å². The van der Waals surface area contributed by atoms with Crippen LogP contribution in [0.4, 0.5) is 5.69 Å². The van der Waals surface area contributed by atoms with Crippen LogP contribution in [0, 0.1) is 5.92 Å². The van der Waals surface area contributed by atoms with Crippen LogP contribution in [0.2, 0.25) is 0 Å². The van der Waals surface area contributed by atoms with Gasteiger partial charge in [0.15, 0.2) is 10.8 Å². The third kappa shape index (κ3) is 2.74. The fraction of sp³-hybridized carbons (Fsp3) is 0.263. The number of methoxy groups -OCH3 is 1. The zero-order chi connectivity index (χ0) is 18.3. The number of nitrogens with one attached hydrogen (secondary N) is 3. The zero-order valence-corrected chi connectivity index (χ0v) is 15.2. The molecule has 0 saturated carbocycles. The van der Waals surface area contributed by atoms with Crippen LogP contribution >= 0.6 is 12.2 Å². The normalized spacial score (nSPS) is 25.8. The average Bonchev–Trinajstić information content (AvgIpc) is 2.61. The molecule has 6 nitrogen and oxygen atoms in total. The minimum absolute atomic E-state index is 0.153. The topological polar surface area (TPSA) is 71.6 Å². The number of thiocarbonyl (C=S) groups is 1. The molecule has 2 aromatic carbocycles. The minimum Gasteiger partial charge on any atom is -0.497 e. The van der Waals surface area contributed by atoms with Crippen LogP contribution < -0.4 is 25.4 Å². The summed E-state index contributed by atoms with van der Waals surface area (Å²) < 4.78 is 11.3. The Morgan fingerprint density at radius 2 is 1.96 bits per heavy atom. The number of hydrogen-bond donors (Lipinski definition) is 3. The molecule has 3 atom stereocenters. The van der Waals surface area contributed by atoms with E-state index in [9.17, 15) is 4.79 Å². The van der Waals surface area contributed by atoms with Gasteiger partial charge in [-0.25, -0.2) is 0 Å². The van der Waals surface area contributed by atoms with E-state index in [2.05, 4.69) is 16.0 Å². The van der Waals surface area contributed by atoms with Crippen molar-refractivity contribution in [2.45, 2.75) is 18.7 Å². The summed E-state index contributed by atoms with van der Waals surface area (Å²) in [4.78, 5) is 13.1. The molecule has 134 valence electrons. The molecule has 3 N–H and O–H groups in total. The fourth-order valence-corrected chi connectivity index (χ4v) is 3.91. The first-order valence-electron chi connectivity index (χ1n) is 8.32. The molecule has 2 aliphatic heterocycles. The summed E-state index contributed by atoms with van der Waals surface area (Å²) in [5.74, 6) is 0.817. The molecular formula is C19H19N3O3S. The van der Waals surface area contributed by atoms with Gasteiger partial charge in [0.2, 0.25) is 5.91 Å². The molecule has 2 heterocycles. The van der Waals surface area contributed by atoms with Gasteiger partial charge >= 0.3 is 0 Å². The second-order valence-electron chi connectivity index (χ2n) is 6.52. The number of carbonyl (C=O) groups excluding carboxylic acids is 1. The van der Waals surface area contributed by atoms with Crippen LogP contribution in [0.5, 0.6) is 11.5 Å². The van der Waals surface area contributed by atoms with Crippen molar-refractivity contribution in [1.82, 2.24) is 10.6 Å². The van der Waals surface area contributed by atoms with Crippen LogP contribution in [-0.4, -0.2) is 23.9 Å². The number of rotatable bonds is 3. The predicted molar refractivity (Wildman–Crippen MR) is 102 cm³/mol. The van der Waals surface area contributed by atoms with E-state index in [4.69, 9.17) is 21.7 Å². The van der Waals surface area contributed by atoms with E-state index < -0.39 is 11.6 Å². The quantitative estimate of drug-likeness (QED) is 0.723. The molecule has 0 unspecified atom stereocenters. The molecule has 0 aliphatic carbocycles. The average molecular weight is 369 g/mol. The Hall–Kier alpha value is -2.80. The molecule has 2 aliphatic rings. The maximum atomic E-state index is 13.1. The van der Waals surface area contributed by atoms with E-state index in [0.29, 0.717) is 10.8 Å². The lowest BCUT2D eigenvalue weighted by Crippen LogP contribution is -2.70. The lowest BCUT2D eigenvalue weighted by atomic mass is 9.80. The van der Waals surface area contributed by atoms with Crippen LogP contribution in [0.1, 0.15) is 18.5 Å². The largest absolute Gasteiger partial charge is 0.497 e. The van der Waals surface area contributed by atoms with Crippen molar-refractivity contribution in [3.63, 3.8) is 0 Å². The molecule has 0 spiro atoms.